The number of carbonyl (C=O) groups is 2. The van der Waals surface area contributed by atoms with Crippen LogP contribution < -0.4 is 5.32 Å². The van der Waals surface area contributed by atoms with E-state index in [4.69, 9.17) is 10.1 Å². The second-order valence-corrected chi connectivity index (χ2v) is 8.39. The lowest BCUT2D eigenvalue weighted by molar-refractivity contribution is -0.138. The van der Waals surface area contributed by atoms with Gasteiger partial charge in [0.15, 0.2) is 0 Å². The molecule has 0 bridgehead atoms. The van der Waals surface area contributed by atoms with Crippen molar-refractivity contribution in [2.45, 2.75) is 46.5 Å². The number of carboxylic acids is 1. The number of imidazole rings is 1. The van der Waals surface area contributed by atoms with E-state index in [0.717, 1.165) is 29.7 Å². The van der Waals surface area contributed by atoms with Crippen LogP contribution in [-0.4, -0.2) is 38.5 Å². The molecule has 29 heavy (non-hydrogen) atoms. The molecule has 1 aliphatic rings. The molecule has 0 saturated carbocycles. The number of hydrogen-bond donors (Lipinski definition) is 3. The molecule has 3 rings (SSSR count). The summed E-state index contributed by atoms with van der Waals surface area (Å²) in [7, 11) is 0. The molecule has 0 spiro atoms. The molecule has 7 nitrogen and oxygen atoms in total. The van der Waals surface area contributed by atoms with E-state index in [2.05, 4.69) is 42.1 Å². The maximum absolute atomic E-state index is 11.9. The van der Waals surface area contributed by atoms with Gasteiger partial charge in [-0.15, -0.1) is 0 Å². The van der Waals surface area contributed by atoms with Gasteiger partial charge in [-0.05, 0) is 43.1 Å². The van der Waals surface area contributed by atoms with Crippen LogP contribution in [0.5, 0.6) is 0 Å². The molecule has 156 valence electrons. The van der Waals surface area contributed by atoms with Gasteiger partial charge < -0.3 is 15.4 Å². The van der Waals surface area contributed by atoms with E-state index in [1.54, 1.807) is 12.4 Å². The maximum atomic E-state index is 11.9. The van der Waals surface area contributed by atoms with Gasteiger partial charge in [-0.3, -0.25) is 14.6 Å². The van der Waals surface area contributed by atoms with Gasteiger partial charge in [-0.25, -0.2) is 4.98 Å². The average molecular weight is 399 g/mol. The Balaban J connectivity index is 1.66. The summed E-state index contributed by atoms with van der Waals surface area (Å²) in [5.74, 6) is 1.46. The third kappa shape index (κ3) is 5.43. The molecule has 0 aliphatic heterocycles. The number of rotatable bonds is 8. The minimum absolute atomic E-state index is 0.0284. The minimum Gasteiger partial charge on any atom is -0.481 e. The monoisotopic (exact) mass is 398 g/mol. The smallest absolute Gasteiger partial charge is 0.303 e. The van der Waals surface area contributed by atoms with Crippen LogP contribution in [0.15, 0.2) is 30.1 Å². The van der Waals surface area contributed by atoms with Gasteiger partial charge in [0, 0.05) is 25.6 Å². The lowest BCUT2D eigenvalue weighted by Crippen LogP contribution is -2.37. The number of nitrogens with one attached hydrogen (secondary N) is 2. The molecule has 0 fully saturated rings. The highest BCUT2D eigenvalue weighted by atomic mass is 16.4. The number of nitrogens with zero attached hydrogens (tertiary/aromatic N) is 2. The summed E-state index contributed by atoms with van der Waals surface area (Å²) in [6.45, 7) is 7.16. The zero-order chi connectivity index (χ0) is 21.0. The molecule has 2 aromatic rings. The largest absolute Gasteiger partial charge is 0.481 e. The number of aromatic nitrogens is 3. The van der Waals surface area contributed by atoms with E-state index < -0.39 is 5.97 Å². The topological polar surface area (TPSA) is 108 Å². The van der Waals surface area contributed by atoms with Crippen molar-refractivity contribution in [3.8, 4) is 0 Å². The summed E-state index contributed by atoms with van der Waals surface area (Å²) < 4.78 is 0. The van der Waals surface area contributed by atoms with Gasteiger partial charge in [-0.2, -0.15) is 0 Å². The van der Waals surface area contributed by atoms with E-state index in [-0.39, 0.29) is 24.7 Å². The van der Waals surface area contributed by atoms with Crippen molar-refractivity contribution >= 4 is 22.9 Å². The fourth-order valence-corrected chi connectivity index (χ4v) is 4.29. The van der Waals surface area contributed by atoms with Crippen molar-refractivity contribution in [1.82, 2.24) is 20.3 Å². The third-order valence-electron chi connectivity index (χ3n) is 5.96. The van der Waals surface area contributed by atoms with Crippen LogP contribution in [0.1, 0.15) is 45.9 Å². The quantitative estimate of drug-likeness (QED) is 0.591. The number of allylic oxidation sites excluding steroid dienone is 1. The number of aliphatic carboxylic acids is 1. The fourth-order valence-electron chi connectivity index (χ4n) is 4.29. The Morgan fingerprint density at radius 1 is 1.34 bits per heavy atom. The number of H-pyrrole nitrogens is 1. The predicted octanol–water partition coefficient (Wildman–Crippen LogP) is 3.34. The Bertz CT molecular complexity index is 869. The predicted molar refractivity (Wildman–Crippen MR) is 111 cm³/mol. The molecule has 1 aliphatic carbocycles. The van der Waals surface area contributed by atoms with E-state index >= 15 is 0 Å². The SMILES string of the molecule is CC1=CC(CNC(=O)CCC(=O)O)C(C(C)C)CC1Cc1nc2ccncc2[nH]1. The summed E-state index contributed by atoms with van der Waals surface area (Å²) in [5.41, 5.74) is 3.22. The van der Waals surface area contributed by atoms with Crippen molar-refractivity contribution in [1.29, 1.82) is 0 Å². The fraction of sp³-hybridized carbons (Fsp3) is 0.545. The first-order valence-corrected chi connectivity index (χ1v) is 10.3. The lowest BCUT2D eigenvalue weighted by Gasteiger charge is -2.37. The molecule has 0 radical (unpaired) electrons. The summed E-state index contributed by atoms with van der Waals surface area (Å²) in [6, 6.07) is 1.92. The molecule has 1 amide bonds. The highest BCUT2D eigenvalue weighted by Gasteiger charge is 2.32. The van der Waals surface area contributed by atoms with Crippen molar-refractivity contribution in [3.63, 3.8) is 0 Å². The lowest BCUT2D eigenvalue weighted by atomic mass is 9.70. The highest BCUT2D eigenvalue weighted by Crippen LogP contribution is 2.38. The van der Waals surface area contributed by atoms with Gasteiger partial charge >= 0.3 is 5.97 Å². The number of fused-ring (bicyclic) bond motifs is 1. The second kappa shape index (κ2) is 9.20. The van der Waals surface area contributed by atoms with Crippen molar-refractivity contribution in [2.75, 3.05) is 6.54 Å². The number of pyridine rings is 1. The van der Waals surface area contributed by atoms with Gasteiger partial charge in [-0.1, -0.05) is 25.5 Å². The molecule has 2 aromatic heterocycles. The molecule has 2 heterocycles. The molecular weight excluding hydrogens is 368 g/mol. The maximum Gasteiger partial charge on any atom is 0.303 e. The molecule has 3 atom stereocenters. The molecule has 3 unspecified atom stereocenters. The zero-order valence-corrected chi connectivity index (χ0v) is 17.3. The summed E-state index contributed by atoms with van der Waals surface area (Å²) in [4.78, 5) is 34.8. The van der Waals surface area contributed by atoms with Gasteiger partial charge in [0.1, 0.15) is 5.82 Å². The summed E-state index contributed by atoms with van der Waals surface area (Å²) >= 11 is 0. The zero-order valence-electron chi connectivity index (χ0n) is 17.3. The number of carboxylic acid groups (broad SMARTS) is 1. The molecular formula is C22H30N4O3. The van der Waals surface area contributed by atoms with E-state index in [1.807, 2.05) is 6.07 Å². The van der Waals surface area contributed by atoms with Crippen molar-refractivity contribution < 1.29 is 14.7 Å². The molecule has 3 N–H and O–H groups in total. The molecule has 0 saturated heterocycles. The Kier molecular flexibility index (Phi) is 6.67. The van der Waals surface area contributed by atoms with E-state index in [9.17, 15) is 9.59 Å². The van der Waals surface area contributed by atoms with Crippen LogP contribution in [-0.2, 0) is 16.0 Å². The minimum atomic E-state index is -0.946. The Morgan fingerprint density at radius 3 is 2.83 bits per heavy atom. The van der Waals surface area contributed by atoms with Crippen molar-refractivity contribution in [2.24, 2.45) is 23.7 Å². The first-order valence-electron chi connectivity index (χ1n) is 10.3. The average Bonchev–Trinajstić information content (AvgIpc) is 3.08. The second-order valence-electron chi connectivity index (χ2n) is 8.39. The Labute approximate surface area is 171 Å². The normalized spacial score (nSPS) is 21.9. The van der Waals surface area contributed by atoms with Crippen LogP contribution in [0, 0.1) is 23.7 Å². The van der Waals surface area contributed by atoms with Crippen molar-refractivity contribution in [3.05, 3.63) is 35.9 Å². The first kappa shape index (κ1) is 21.0. The summed E-state index contributed by atoms with van der Waals surface area (Å²) in [5, 5.41) is 11.6. The third-order valence-corrected chi connectivity index (χ3v) is 5.96. The van der Waals surface area contributed by atoms with Crippen LogP contribution in [0.3, 0.4) is 0 Å². The van der Waals surface area contributed by atoms with Crippen LogP contribution in [0.4, 0.5) is 0 Å². The highest BCUT2D eigenvalue weighted by molar-refractivity contribution is 5.80. The van der Waals surface area contributed by atoms with Gasteiger partial charge in [0.2, 0.25) is 5.91 Å². The standard InChI is InChI=1S/C22H30N4O3/c1-13(2)17-9-15(10-20-25-18-6-7-23-12-19(18)26-20)14(3)8-16(17)11-24-21(27)4-5-22(28)29/h6-8,12-13,15-17H,4-5,9-11H2,1-3H3,(H,24,27)(H,25,26)(H,28,29). The van der Waals surface area contributed by atoms with Crippen LogP contribution in [0.25, 0.3) is 11.0 Å². The Hall–Kier alpha value is -2.70. The van der Waals surface area contributed by atoms with Gasteiger partial charge in [0.25, 0.3) is 0 Å². The number of aromatic amines is 1. The van der Waals surface area contributed by atoms with Gasteiger partial charge in [0.05, 0.1) is 23.7 Å². The number of amides is 1. The molecule has 7 heteroatoms. The molecule has 0 aromatic carbocycles. The van der Waals surface area contributed by atoms with Crippen LogP contribution in [0.2, 0.25) is 0 Å². The van der Waals surface area contributed by atoms with Crippen LogP contribution >= 0.6 is 0 Å². The number of hydrogen-bond acceptors (Lipinski definition) is 4. The Morgan fingerprint density at radius 2 is 2.14 bits per heavy atom. The number of carbonyl (C=O) groups excluding carboxylic acids is 1. The first-order chi connectivity index (χ1) is 13.8. The van der Waals surface area contributed by atoms with E-state index in [0.29, 0.717) is 24.3 Å². The summed E-state index contributed by atoms with van der Waals surface area (Å²) in [6.07, 6.45) is 7.65. The van der Waals surface area contributed by atoms with E-state index in [1.165, 1.54) is 5.57 Å².